The molecule has 5 nitrogen and oxygen atoms in total. The maximum Gasteiger partial charge on any atom is 0.325 e. The molecule has 1 atom stereocenters. The fourth-order valence-corrected chi connectivity index (χ4v) is 2.36. The smallest absolute Gasteiger partial charge is 0.325 e. The van der Waals surface area contributed by atoms with E-state index in [1.807, 2.05) is 0 Å². The number of hydrogen-bond acceptors (Lipinski definition) is 2. The Morgan fingerprint density at radius 3 is 2.41 bits per heavy atom. The van der Waals surface area contributed by atoms with Gasteiger partial charge >= 0.3 is 12.0 Å². The van der Waals surface area contributed by atoms with Gasteiger partial charge in [-0.15, -0.1) is 0 Å². The third-order valence-corrected chi connectivity index (χ3v) is 3.76. The van der Waals surface area contributed by atoms with E-state index < -0.39 is 12.0 Å². The number of carbonyl (C=O) groups excluding carboxylic acids is 1. The molecule has 98 valence electrons. The first-order chi connectivity index (χ1) is 7.99. The molecule has 2 amide bonds. The number of aliphatic carboxylic acids is 1. The highest BCUT2D eigenvalue weighted by atomic mass is 16.4. The van der Waals surface area contributed by atoms with Gasteiger partial charge in [0.05, 0.1) is 0 Å². The average Bonchev–Trinajstić information content (AvgIpc) is 2.75. The van der Waals surface area contributed by atoms with Crippen LogP contribution in [0.15, 0.2) is 0 Å². The molecule has 0 bridgehead atoms. The zero-order valence-electron chi connectivity index (χ0n) is 10.6. The zero-order valence-corrected chi connectivity index (χ0v) is 10.6. The van der Waals surface area contributed by atoms with E-state index >= 15 is 0 Å². The van der Waals surface area contributed by atoms with Gasteiger partial charge in [0, 0.05) is 6.54 Å². The molecule has 0 aromatic heterocycles. The van der Waals surface area contributed by atoms with Gasteiger partial charge in [0.1, 0.15) is 6.04 Å². The monoisotopic (exact) mass is 242 g/mol. The second-order valence-corrected chi connectivity index (χ2v) is 4.95. The Balaban J connectivity index is 2.34. The number of amides is 2. The number of urea groups is 1. The Bertz CT molecular complexity index is 285. The van der Waals surface area contributed by atoms with Crippen molar-refractivity contribution in [3.8, 4) is 0 Å². The van der Waals surface area contributed by atoms with E-state index in [2.05, 4.69) is 17.6 Å². The van der Waals surface area contributed by atoms with E-state index in [1.54, 1.807) is 0 Å². The van der Waals surface area contributed by atoms with Crippen LogP contribution >= 0.6 is 0 Å². The highest BCUT2D eigenvalue weighted by Gasteiger charge is 2.32. The second kappa shape index (κ2) is 5.89. The first-order valence-electron chi connectivity index (χ1n) is 6.26. The molecule has 5 heteroatoms. The van der Waals surface area contributed by atoms with Crippen molar-refractivity contribution in [1.29, 1.82) is 0 Å². The van der Waals surface area contributed by atoms with Gasteiger partial charge in [0.25, 0.3) is 0 Å². The van der Waals surface area contributed by atoms with Gasteiger partial charge in [0.2, 0.25) is 0 Å². The van der Waals surface area contributed by atoms with Crippen LogP contribution in [0.3, 0.4) is 0 Å². The third kappa shape index (κ3) is 3.91. The number of hydrogen-bond donors (Lipinski definition) is 3. The molecule has 0 radical (unpaired) electrons. The molecule has 1 aliphatic rings. The molecule has 1 aliphatic carbocycles. The Labute approximate surface area is 102 Å². The molecule has 17 heavy (non-hydrogen) atoms. The summed E-state index contributed by atoms with van der Waals surface area (Å²) in [6.45, 7) is 4.24. The van der Waals surface area contributed by atoms with E-state index in [4.69, 9.17) is 5.11 Å². The Morgan fingerprint density at radius 2 is 1.94 bits per heavy atom. The third-order valence-electron chi connectivity index (χ3n) is 3.76. The Hall–Kier alpha value is -1.26. The molecule has 0 aliphatic heterocycles. The topological polar surface area (TPSA) is 78.4 Å². The van der Waals surface area contributed by atoms with E-state index in [1.165, 1.54) is 19.8 Å². The lowest BCUT2D eigenvalue weighted by Crippen LogP contribution is -2.47. The summed E-state index contributed by atoms with van der Waals surface area (Å²) >= 11 is 0. The standard InChI is InChI=1S/C12H22N2O3/c1-3-12(6-4-5-7-12)8-13-11(17)14-9(2)10(15)16/h9H,3-8H2,1-2H3,(H,15,16)(H2,13,14,17)/t9-/m1/s1. The van der Waals surface area contributed by atoms with Crippen molar-refractivity contribution in [2.45, 2.75) is 52.0 Å². The first kappa shape index (κ1) is 13.8. The fourth-order valence-electron chi connectivity index (χ4n) is 2.36. The summed E-state index contributed by atoms with van der Waals surface area (Å²) in [5.74, 6) is -1.02. The van der Waals surface area contributed by atoms with Crippen LogP contribution in [0.25, 0.3) is 0 Å². The second-order valence-electron chi connectivity index (χ2n) is 4.95. The Morgan fingerprint density at radius 1 is 1.35 bits per heavy atom. The van der Waals surface area contributed by atoms with E-state index in [0.717, 1.165) is 19.3 Å². The highest BCUT2D eigenvalue weighted by molar-refractivity contribution is 5.82. The number of carbonyl (C=O) groups is 2. The molecule has 3 N–H and O–H groups in total. The van der Waals surface area contributed by atoms with Crippen molar-refractivity contribution < 1.29 is 14.7 Å². The van der Waals surface area contributed by atoms with Crippen LogP contribution in [0.2, 0.25) is 0 Å². The molecule has 0 aromatic rings. The summed E-state index contributed by atoms with van der Waals surface area (Å²) in [4.78, 5) is 22.1. The number of carboxylic acid groups (broad SMARTS) is 1. The number of carboxylic acids is 1. The summed E-state index contributed by atoms with van der Waals surface area (Å²) in [7, 11) is 0. The SMILES string of the molecule is CCC1(CNC(=O)N[C@H](C)C(=O)O)CCCC1. The van der Waals surface area contributed by atoms with Crippen LogP contribution in [-0.2, 0) is 4.79 Å². The fraction of sp³-hybridized carbons (Fsp3) is 0.833. The lowest BCUT2D eigenvalue weighted by Gasteiger charge is -2.27. The maximum atomic E-state index is 11.5. The van der Waals surface area contributed by atoms with Crippen molar-refractivity contribution >= 4 is 12.0 Å². The van der Waals surface area contributed by atoms with E-state index in [-0.39, 0.29) is 11.4 Å². The zero-order chi connectivity index (χ0) is 12.9. The molecule has 0 saturated heterocycles. The molecule has 1 rings (SSSR count). The van der Waals surface area contributed by atoms with Gasteiger partial charge in [0.15, 0.2) is 0 Å². The molecule has 0 heterocycles. The minimum absolute atomic E-state index is 0.226. The van der Waals surface area contributed by atoms with Crippen molar-refractivity contribution in [3.63, 3.8) is 0 Å². The Kier molecular flexibility index (Phi) is 4.78. The quantitative estimate of drug-likeness (QED) is 0.687. The van der Waals surface area contributed by atoms with Gasteiger partial charge in [-0.3, -0.25) is 4.79 Å². The summed E-state index contributed by atoms with van der Waals surface area (Å²) in [6, 6.07) is -1.24. The lowest BCUT2D eigenvalue weighted by atomic mass is 9.83. The lowest BCUT2D eigenvalue weighted by molar-refractivity contribution is -0.138. The first-order valence-corrected chi connectivity index (χ1v) is 6.26. The normalized spacial score (nSPS) is 19.6. The molecular weight excluding hydrogens is 220 g/mol. The van der Waals surface area contributed by atoms with Crippen LogP contribution in [0.4, 0.5) is 4.79 Å². The van der Waals surface area contributed by atoms with Gasteiger partial charge in [-0.2, -0.15) is 0 Å². The van der Waals surface area contributed by atoms with Crippen LogP contribution in [0, 0.1) is 5.41 Å². The number of nitrogens with one attached hydrogen (secondary N) is 2. The minimum Gasteiger partial charge on any atom is -0.480 e. The van der Waals surface area contributed by atoms with Gasteiger partial charge in [-0.1, -0.05) is 19.8 Å². The molecule has 0 aromatic carbocycles. The molecule has 0 unspecified atom stereocenters. The predicted octanol–water partition coefficient (Wildman–Crippen LogP) is 1.73. The molecule has 0 spiro atoms. The highest BCUT2D eigenvalue weighted by Crippen LogP contribution is 2.40. The largest absolute Gasteiger partial charge is 0.480 e. The van der Waals surface area contributed by atoms with Crippen LogP contribution in [0.5, 0.6) is 0 Å². The summed E-state index contributed by atoms with van der Waals surface area (Å²) in [5, 5.41) is 13.8. The average molecular weight is 242 g/mol. The summed E-state index contributed by atoms with van der Waals surface area (Å²) in [5.41, 5.74) is 0.226. The predicted molar refractivity (Wildman–Crippen MR) is 64.8 cm³/mol. The van der Waals surface area contributed by atoms with Crippen molar-refractivity contribution in [1.82, 2.24) is 10.6 Å². The summed E-state index contributed by atoms with van der Waals surface area (Å²) in [6.07, 6.45) is 5.81. The number of rotatable bonds is 5. The van der Waals surface area contributed by atoms with Crippen LogP contribution in [0.1, 0.15) is 46.0 Å². The van der Waals surface area contributed by atoms with Crippen LogP contribution in [-0.4, -0.2) is 29.7 Å². The van der Waals surface area contributed by atoms with Gasteiger partial charge < -0.3 is 15.7 Å². The van der Waals surface area contributed by atoms with E-state index in [0.29, 0.717) is 6.54 Å². The molecule has 1 fully saturated rings. The summed E-state index contributed by atoms with van der Waals surface area (Å²) < 4.78 is 0. The van der Waals surface area contributed by atoms with Crippen molar-refractivity contribution in [2.75, 3.05) is 6.54 Å². The maximum absolute atomic E-state index is 11.5. The van der Waals surface area contributed by atoms with Gasteiger partial charge in [-0.05, 0) is 31.6 Å². The van der Waals surface area contributed by atoms with Crippen LogP contribution < -0.4 is 10.6 Å². The van der Waals surface area contributed by atoms with Gasteiger partial charge in [-0.25, -0.2) is 4.79 Å². The molecule has 1 saturated carbocycles. The van der Waals surface area contributed by atoms with Crippen molar-refractivity contribution in [2.24, 2.45) is 5.41 Å². The minimum atomic E-state index is -1.02. The molecular formula is C12H22N2O3. The van der Waals surface area contributed by atoms with E-state index in [9.17, 15) is 9.59 Å². The van der Waals surface area contributed by atoms with Crippen molar-refractivity contribution in [3.05, 3.63) is 0 Å².